The summed E-state index contributed by atoms with van der Waals surface area (Å²) in [6, 6.07) is 10.6. The largest absolute Gasteiger partial charge is 0.330 e. The Morgan fingerprint density at radius 3 is 2.21 bits per heavy atom. The van der Waals surface area contributed by atoms with Crippen molar-refractivity contribution in [2.75, 3.05) is 6.54 Å². The van der Waals surface area contributed by atoms with E-state index >= 15 is 0 Å². The smallest absolute Gasteiger partial charge is 0.00175 e. The Morgan fingerprint density at radius 1 is 1.21 bits per heavy atom. The van der Waals surface area contributed by atoms with Crippen molar-refractivity contribution in [3.8, 4) is 0 Å². The van der Waals surface area contributed by atoms with Crippen LogP contribution in [0.1, 0.15) is 26.3 Å². The molecule has 0 aliphatic rings. The van der Waals surface area contributed by atoms with E-state index in [0.29, 0.717) is 5.92 Å². The number of hydrogen-bond donors (Lipinski definition) is 1. The second-order valence-corrected chi connectivity index (χ2v) is 4.68. The van der Waals surface area contributed by atoms with Gasteiger partial charge in [-0.1, -0.05) is 51.1 Å². The van der Waals surface area contributed by atoms with Crippen LogP contribution in [0.2, 0.25) is 0 Å². The Labute approximate surface area is 87.3 Å². The maximum atomic E-state index is 5.86. The molecule has 0 amide bonds. The molecular formula is C13H21N. The van der Waals surface area contributed by atoms with Crippen LogP contribution in [0.5, 0.6) is 0 Å². The van der Waals surface area contributed by atoms with Gasteiger partial charge in [-0.25, -0.2) is 0 Å². The first-order valence-electron chi connectivity index (χ1n) is 5.32. The highest BCUT2D eigenvalue weighted by Crippen LogP contribution is 2.29. The summed E-state index contributed by atoms with van der Waals surface area (Å²) in [5.41, 5.74) is 7.46. The summed E-state index contributed by atoms with van der Waals surface area (Å²) in [4.78, 5) is 0. The maximum Gasteiger partial charge on any atom is -0.00175 e. The molecule has 14 heavy (non-hydrogen) atoms. The van der Waals surface area contributed by atoms with Gasteiger partial charge >= 0.3 is 0 Å². The molecule has 0 heterocycles. The van der Waals surface area contributed by atoms with Crippen molar-refractivity contribution in [1.82, 2.24) is 0 Å². The Balaban J connectivity index is 2.76. The first kappa shape index (κ1) is 11.3. The highest BCUT2D eigenvalue weighted by molar-refractivity contribution is 5.16. The molecule has 2 N–H and O–H groups in total. The van der Waals surface area contributed by atoms with Crippen LogP contribution >= 0.6 is 0 Å². The Morgan fingerprint density at radius 2 is 1.79 bits per heavy atom. The highest BCUT2D eigenvalue weighted by Gasteiger charge is 2.26. The van der Waals surface area contributed by atoms with Crippen LogP contribution in [0.15, 0.2) is 30.3 Å². The molecule has 1 unspecified atom stereocenters. The van der Waals surface area contributed by atoms with E-state index in [1.807, 2.05) is 0 Å². The third kappa shape index (κ3) is 2.58. The number of benzene rings is 1. The molecular weight excluding hydrogens is 170 g/mol. The number of hydrogen-bond acceptors (Lipinski definition) is 1. The molecule has 1 aromatic carbocycles. The highest BCUT2D eigenvalue weighted by atomic mass is 14.6. The molecule has 0 aliphatic carbocycles. The molecule has 0 radical (unpaired) electrons. The molecule has 0 fully saturated rings. The van der Waals surface area contributed by atoms with Crippen molar-refractivity contribution in [3.63, 3.8) is 0 Å². The van der Waals surface area contributed by atoms with Crippen LogP contribution in [0, 0.1) is 11.3 Å². The predicted molar refractivity (Wildman–Crippen MR) is 62.1 cm³/mol. The fraction of sp³-hybridized carbons (Fsp3) is 0.538. The third-order valence-corrected chi connectivity index (χ3v) is 3.31. The molecule has 1 nitrogen and oxygen atoms in total. The quantitative estimate of drug-likeness (QED) is 0.778. The molecule has 1 rings (SSSR count). The van der Waals surface area contributed by atoms with E-state index in [2.05, 4.69) is 51.1 Å². The number of rotatable bonds is 4. The molecule has 0 aliphatic heterocycles. The predicted octanol–water partition coefficient (Wildman–Crippen LogP) is 2.85. The molecule has 0 spiro atoms. The lowest BCUT2D eigenvalue weighted by Gasteiger charge is -2.32. The van der Waals surface area contributed by atoms with Gasteiger partial charge in [0, 0.05) is 0 Å². The van der Waals surface area contributed by atoms with Gasteiger partial charge in [0.25, 0.3) is 0 Å². The van der Waals surface area contributed by atoms with E-state index in [4.69, 9.17) is 5.73 Å². The number of nitrogens with two attached hydrogens (primary N) is 1. The summed E-state index contributed by atoms with van der Waals surface area (Å²) in [6.45, 7) is 7.51. The molecule has 0 saturated carbocycles. The minimum Gasteiger partial charge on any atom is -0.330 e. The van der Waals surface area contributed by atoms with Gasteiger partial charge in [0.05, 0.1) is 0 Å². The van der Waals surface area contributed by atoms with E-state index in [0.717, 1.165) is 13.0 Å². The van der Waals surface area contributed by atoms with Gasteiger partial charge in [-0.2, -0.15) is 0 Å². The Bertz CT molecular complexity index is 266. The third-order valence-electron chi connectivity index (χ3n) is 3.31. The zero-order valence-electron chi connectivity index (χ0n) is 9.46. The van der Waals surface area contributed by atoms with Gasteiger partial charge < -0.3 is 5.73 Å². The maximum absolute atomic E-state index is 5.86. The van der Waals surface area contributed by atoms with E-state index in [9.17, 15) is 0 Å². The van der Waals surface area contributed by atoms with Crippen molar-refractivity contribution in [2.24, 2.45) is 17.1 Å². The summed E-state index contributed by atoms with van der Waals surface area (Å²) in [5, 5.41) is 0. The van der Waals surface area contributed by atoms with Gasteiger partial charge in [0.2, 0.25) is 0 Å². The van der Waals surface area contributed by atoms with E-state index < -0.39 is 0 Å². The minimum atomic E-state index is 0.224. The van der Waals surface area contributed by atoms with Crippen LogP contribution in [0.3, 0.4) is 0 Å². The van der Waals surface area contributed by atoms with Gasteiger partial charge in [0.1, 0.15) is 0 Å². The van der Waals surface area contributed by atoms with Crippen molar-refractivity contribution in [2.45, 2.75) is 27.2 Å². The average Bonchev–Trinajstić information content (AvgIpc) is 2.19. The van der Waals surface area contributed by atoms with E-state index in [1.54, 1.807) is 0 Å². The Hall–Kier alpha value is -0.820. The standard InChI is InChI=1S/C13H21N/c1-11(2)13(3,10-14)9-12-7-5-4-6-8-12/h4-8,11H,9-10,14H2,1-3H3. The van der Waals surface area contributed by atoms with Crippen molar-refractivity contribution in [1.29, 1.82) is 0 Å². The molecule has 78 valence electrons. The lowest BCUT2D eigenvalue weighted by molar-refractivity contribution is 0.227. The first-order valence-corrected chi connectivity index (χ1v) is 5.32. The molecule has 0 aromatic heterocycles. The molecule has 1 aromatic rings. The van der Waals surface area contributed by atoms with Crippen LogP contribution < -0.4 is 5.73 Å². The van der Waals surface area contributed by atoms with Crippen molar-refractivity contribution >= 4 is 0 Å². The van der Waals surface area contributed by atoms with Gasteiger partial charge in [-0.3, -0.25) is 0 Å². The lowest BCUT2D eigenvalue weighted by Crippen LogP contribution is -2.34. The summed E-state index contributed by atoms with van der Waals surface area (Å²) in [5.74, 6) is 0.618. The fourth-order valence-electron chi connectivity index (χ4n) is 1.57. The molecule has 0 saturated heterocycles. The van der Waals surface area contributed by atoms with Crippen LogP contribution in [-0.4, -0.2) is 6.54 Å². The average molecular weight is 191 g/mol. The van der Waals surface area contributed by atoms with Crippen LogP contribution in [0.4, 0.5) is 0 Å². The molecule has 1 heteroatoms. The van der Waals surface area contributed by atoms with Crippen LogP contribution in [-0.2, 0) is 6.42 Å². The zero-order valence-corrected chi connectivity index (χ0v) is 9.46. The molecule has 1 atom stereocenters. The van der Waals surface area contributed by atoms with E-state index in [-0.39, 0.29) is 5.41 Å². The summed E-state index contributed by atoms with van der Waals surface area (Å²) >= 11 is 0. The van der Waals surface area contributed by atoms with Gasteiger partial charge in [-0.15, -0.1) is 0 Å². The summed E-state index contributed by atoms with van der Waals surface area (Å²) in [6.07, 6.45) is 1.07. The Kier molecular flexibility index (Phi) is 3.70. The second kappa shape index (κ2) is 4.61. The lowest BCUT2D eigenvalue weighted by atomic mass is 9.74. The van der Waals surface area contributed by atoms with Gasteiger partial charge in [-0.05, 0) is 29.9 Å². The first-order chi connectivity index (χ1) is 6.58. The minimum absolute atomic E-state index is 0.224. The normalized spacial score (nSPS) is 15.5. The monoisotopic (exact) mass is 191 g/mol. The summed E-state index contributed by atoms with van der Waals surface area (Å²) in [7, 11) is 0. The van der Waals surface area contributed by atoms with Crippen LogP contribution in [0.25, 0.3) is 0 Å². The topological polar surface area (TPSA) is 26.0 Å². The summed E-state index contributed by atoms with van der Waals surface area (Å²) < 4.78 is 0. The van der Waals surface area contributed by atoms with Crippen molar-refractivity contribution in [3.05, 3.63) is 35.9 Å². The second-order valence-electron chi connectivity index (χ2n) is 4.68. The SMILES string of the molecule is CC(C)C(C)(CN)Cc1ccccc1. The zero-order chi connectivity index (χ0) is 10.6. The fourth-order valence-corrected chi connectivity index (χ4v) is 1.57. The van der Waals surface area contributed by atoms with Crippen molar-refractivity contribution < 1.29 is 0 Å². The molecule has 0 bridgehead atoms. The van der Waals surface area contributed by atoms with Gasteiger partial charge in [0.15, 0.2) is 0 Å². The van der Waals surface area contributed by atoms with E-state index in [1.165, 1.54) is 5.56 Å².